The molecule has 2 unspecified atom stereocenters. The lowest BCUT2D eigenvalue weighted by molar-refractivity contribution is -0.163. The van der Waals surface area contributed by atoms with Crippen molar-refractivity contribution >= 4 is 27.5 Å². The Hall–Kier alpha value is -2.39. The molecule has 0 aliphatic rings. The van der Waals surface area contributed by atoms with Crippen LogP contribution >= 0.6 is 0 Å². The Kier molecular flexibility index (Phi) is 6.59. The van der Waals surface area contributed by atoms with Crippen molar-refractivity contribution in [1.82, 2.24) is 0 Å². The van der Waals surface area contributed by atoms with E-state index in [1.54, 1.807) is 0 Å². The first kappa shape index (κ1) is 21.3. The van der Waals surface area contributed by atoms with E-state index in [4.69, 9.17) is 9.47 Å². The van der Waals surface area contributed by atoms with Crippen molar-refractivity contribution in [3.63, 3.8) is 0 Å². The Labute approximate surface area is 174 Å². The summed E-state index contributed by atoms with van der Waals surface area (Å²) < 4.78 is 11.7. The summed E-state index contributed by atoms with van der Waals surface area (Å²) in [7, 11) is 0. The van der Waals surface area contributed by atoms with Crippen molar-refractivity contribution < 1.29 is 14.3 Å². The molecule has 2 atom stereocenters. The topological polar surface area (TPSA) is 35.5 Å². The third-order valence-electron chi connectivity index (χ3n) is 5.66. The van der Waals surface area contributed by atoms with Gasteiger partial charge < -0.3 is 9.47 Å². The standard InChI is InChI=1S/C26H32O3/c1-6-18(2)25(27)29-26(4,5)13-14-28-19(3)20-11-12-23-16-21-9-7-8-10-22(21)17-24(23)15-20/h7-12,15-19H,6,13-14H2,1-5H3. The van der Waals surface area contributed by atoms with Gasteiger partial charge >= 0.3 is 5.97 Å². The van der Waals surface area contributed by atoms with E-state index < -0.39 is 5.60 Å². The van der Waals surface area contributed by atoms with E-state index in [0.29, 0.717) is 13.0 Å². The highest BCUT2D eigenvalue weighted by molar-refractivity contribution is 5.98. The molecule has 0 bridgehead atoms. The van der Waals surface area contributed by atoms with Gasteiger partial charge in [-0.05, 0) is 72.5 Å². The fourth-order valence-corrected chi connectivity index (χ4v) is 3.38. The van der Waals surface area contributed by atoms with E-state index in [1.165, 1.54) is 21.5 Å². The van der Waals surface area contributed by atoms with Gasteiger partial charge in [-0.2, -0.15) is 0 Å². The molecule has 29 heavy (non-hydrogen) atoms. The fraction of sp³-hybridized carbons (Fsp3) is 0.423. The summed E-state index contributed by atoms with van der Waals surface area (Å²) in [6.45, 7) is 10.4. The molecular formula is C26H32O3. The number of hydrogen-bond donors (Lipinski definition) is 0. The Bertz CT molecular complexity index is 990. The molecule has 3 nitrogen and oxygen atoms in total. The normalized spacial score (nSPS) is 14.1. The summed E-state index contributed by atoms with van der Waals surface area (Å²) in [4.78, 5) is 12.1. The van der Waals surface area contributed by atoms with Gasteiger partial charge in [0.05, 0.1) is 18.6 Å². The highest BCUT2D eigenvalue weighted by Gasteiger charge is 2.25. The zero-order chi connectivity index (χ0) is 21.0. The van der Waals surface area contributed by atoms with Gasteiger partial charge in [-0.25, -0.2) is 0 Å². The minimum absolute atomic E-state index is 0.0214. The predicted molar refractivity (Wildman–Crippen MR) is 120 cm³/mol. The second kappa shape index (κ2) is 8.96. The highest BCUT2D eigenvalue weighted by Crippen LogP contribution is 2.27. The molecular weight excluding hydrogens is 360 g/mol. The minimum Gasteiger partial charge on any atom is -0.459 e. The lowest BCUT2D eigenvalue weighted by Gasteiger charge is -2.27. The molecule has 0 N–H and O–H groups in total. The van der Waals surface area contributed by atoms with Crippen LogP contribution in [0.3, 0.4) is 0 Å². The Morgan fingerprint density at radius 2 is 1.55 bits per heavy atom. The molecule has 3 heteroatoms. The lowest BCUT2D eigenvalue weighted by Crippen LogP contribution is -2.32. The maximum absolute atomic E-state index is 12.1. The number of hydrogen-bond acceptors (Lipinski definition) is 3. The first-order valence-electron chi connectivity index (χ1n) is 10.6. The van der Waals surface area contributed by atoms with E-state index in [9.17, 15) is 4.79 Å². The number of carbonyl (C=O) groups is 1. The third-order valence-corrected chi connectivity index (χ3v) is 5.66. The Morgan fingerprint density at radius 1 is 0.931 bits per heavy atom. The molecule has 0 aliphatic heterocycles. The molecule has 0 saturated heterocycles. The van der Waals surface area contributed by atoms with Crippen molar-refractivity contribution in [2.24, 2.45) is 5.92 Å². The zero-order valence-electron chi connectivity index (χ0n) is 18.2. The van der Waals surface area contributed by atoms with Gasteiger partial charge in [0.25, 0.3) is 0 Å². The van der Waals surface area contributed by atoms with Crippen LogP contribution in [0.4, 0.5) is 0 Å². The van der Waals surface area contributed by atoms with Gasteiger partial charge in [-0.15, -0.1) is 0 Å². The van der Waals surface area contributed by atoms with Gasteiger partial charge in [0.2, 0.25) is 0 Å². The zero-order valence-corrected chi connectivity index (χ0v) is 18.2. The molecule has 0 radical (unpaired) electrons. The molecule has 3 aromatic carbocycles. The summed E-state index contributed by atoms with van der Waals surface area (Å²) >= 11 is 0. The summed E-state index contributed by atoms with van der Waals surface area (Å²) in [5.41, 5.74) is 0.630. The summed E-state index contributed by atoms with van der Waals surface area (Å²) in [5.74, 6) is -0.199. The molecule has 0 fully saturated rings. The number of benzene rings is 3. The number of esters is 1. The van der Waals surface area contributed by atoms with Crippen LogP contribution in [0.15, 0.2) is 54.6 Å². The quantitative estimate of drug-likeness (QED) is 0.311. The van der Waals surface area contributed by atoms with Gasteiger partial charge in [-0.1, -0.05) is 50.2 Å². The van der Waals surface area contributed by atoms with E-state index in [2.05, 4.69) is 61.5 Å². The van der Waals surface area contributed by atoms with Crippen LogP contribution < -0.4 is 0 Å². The second-order valence-electron chi connectivity index (χ2n) is 8.56. The average molecular weight is 393 g/mol. The van der Waals surface area contributed by atoms with Crippen molar-refractivity contribution in [2.75, 3.05) is 6.61 Å². The molecule has 0 amide bonds. The van der Waals surface area contributed by atoms with E-state index in [1.807, 2.05) is 27.7 Å². The molecule has 3 rings (SSSR count). The first-order chi connectivity index (χ1) is 13.8. The fourth-order valence-electron chi connectivity index (χ4n) is 3.38. The second-order valence-corrected chi connectivity index (χ2v) is 8.56. The molecule has 0 spiro atoms. The van der Waals surface area contributed by atoms with Gasteiger partial charge in [0.1, 0.15) is 5.60 Å². The van der Waals surface area contributed by atoms with Crippen molar-refractivity contribution in [3.8, 4) is 0 Å². The number of carbonyl (C=O) groups excluding carboxylic acids is 1. The lowest BCUT2D eigenvalue weighted by atomic mass is 10.00. The number of ether oxygens (including phenoxy) is 2. The van der Waals surface area contributed by atoms with Crippen molar-refractivity contribution in [2.45, 2.75) is 59.2 Å². The summed E-state index contributed by atoms with van der Waals surface area (Å²) in [6.07, 6.45) is 1.43. The maximum Gasteiger partial charge on any atom is 0.309 e. The van der Waals surface area contributed by atoms with Gasteiger partial charge in [-0.3, -0.25) is 4.79 Å². The maximum atomic E-state index is 12.1. The summed E-state index contributed by atoms with van der Waals surface area (Å²) in [5, 5.41) is 4.96. The third kappa shape index (κ3) is 5.36. The van der Waals surface area contributed by atoms with Crippen LogP contribution in [0.25, 0.3) is 21.5 Å². The molecule has 154 valence electrons. The molecule has 0 heterocycles. The predicted octanol–water partition coefficient (Wildman–Crippen LogP) is 6.83. The number of fused-ring (bicyclic) bond motifs is 2. The van der Waals surface area contributed by atoms with Crippen LogP contribution in [-0.2, 0) is 14.3 Å². The van der Waals surface area contributed by atoms with Crippen molar-refractivity contribution in [1.29, 1.82) is 0 Å². The van der Waals surface area contributed by atoms with Crippen LogP contribution in [0.1, 0.15) is 59.1 Å². The number of rotatable bonds is 8. The van der Waals surface area contributed by atoms with Crippen LogP contribution in [-0.4, -0.2) is 18.2 Å². The first-order valence-corrected chi connectivity index (χ1v) is 10.6. The van der Waals surface area contributed by atoms with Gasteiger partial charge in [0, 0.05) is 6.42 Å². The highest BCUT2D eigenvalue weighted by atomic mass is 16.6. The Morgan fingerprint density at radius 3 is 2.21 bits per heavy atom. The average Bonchev–Trinajstić information content (AvgIpc) is 2.70. The van der Waals surface area contributed by atoms with Crippen molar-refractivity contribution in [3.05, 3.63) is 60.2 Å². The molecule has 3 aromatic rings. The molecule has 0 aliphatic carbocycles. The smallest absolute Gasteiger partial charge is 0.309 e. The van der Waals surface area contributed by atoms with Crippen LogP contribution in [0.2, 0.25) is 0 Å². The Balaban J connectivity index is 1.63. The van der Waals surface area contributed by atoms with Crippen LogP contribution in [0.5, 0.6) is 0 Å². The monoisotopic (exact) mass is 392 g/mol. The van der Waals surface area contributed by atoms with E-state index in [-0.39, 0.29) is 18.0 Å². The van der Waals surface area contributed by atoms with Crippen LogP contribution in [0, 0.1) is 5.92 Å². The molecule has 0 saturated carbocycles. The minimum atomic E-state index is -0.525. The van der Waals surface area contributed by atoms with E-state index >= 15 is 0 Å². The molecule has 0 aromatic heterocycles. The van der Waals surface area contributed by atoms with E-state index in [0.717, 1.165) is 12.0 Å². The summed E-state index contributed by atoms with van der Waals surface area (Å²) in [6, 6.07) is 19.4. The van der Waals surface area contributed by atoms with Gasteiger partial charge in [0.15, 0.2) is 0 Å². The largest absolute Gasteiger partial charge is 0.459 e. The SMILES string of the molecule is CCC(C)C(=O)OC(C)(C)CCOC(C)c1ccc2cc3ccccc3cc2c1.